The highest BCUT2D eigenvalue weighted by Crippen LogP contribution is 2.28. The van der Waals surface area contributed by atoms with Crippen molar-refractivity contribution in [3.63, 3.8) is 0 Å². The Labute approximate surface area is 105 Å². The maximum Gasteiger partial charge on any atom is 0.337 e. The van der Waals surface area contributed by atoms with Gasteiger partial charge in [-0.25, -0.2) is 4.79 Å². The van der Waals surface area contributed by atoms with Crippen molar-refractivity contribution < 1.29 is 29.2 Å². The van der Waals surface area contributed by atoms with Crippen molar-refractivity contribution in [1.82, 2.24) is 0 Å². The molecule has 1 unspecified atom stereocenters. The highest BCUT2D eigenvalue weighted by molar-refractivity contribution is 5.90. The molecule has 6 heteroatoms. The first-order chi connectivity index (χ1) is 8.62. The molecule has 18 heavy (non-hydrogen) atoms. The molecule has 0 aliphatic rings. The van der Waals surface area contributed by atoms with Gasteiger partial charge < -0.3 is 24.4 Å². The fourth-order valence-corrected chi connectivity index (χ4v) is 1.27. The summed E-state index contributed by atoms with van der Waals surface area (Å²) < 4.78 is 14.9. The quantitative estimate of drug-likeness (QED) is 0.708. The molecule has 0 saturated carbocycles. The lowest BCUT2D eigenvalue weighted by atomic mass is 10.2. The molecule has 0 bridgehead atoms. The molecule has 0 spiro atoms. The number of hydrogen-bond acceptors (Lipinski definition) is 6. The number of benzene rings is 1. The van der Waals surface area contributed by atoms with E-state index in [1.54, 1.807) is 0 Å². The number of carbonyl (C=O) groups excluding carboxylic acids is 1. The predicted molar refractivity (Wildman–Crippen MR) is 62.9 cm³/mol. The van der Waals surface area contributed by atoms with Crippen LogP contribution in [0.4, 0.5) is 0 Å². The standard InChI is InChI=1S/C12H16O6/c1-16-11-5-8(12(15)17-2)3-4-10(11)18-7-9(14)6-13/h3-5,9,13-14H,6-7H2,1-2H3. The first-order valence-electron chi connectivity index (χ1n) is 5.30. The minimum absolute atomic E-state index is 0.0650. The zero-order valence-corrected chi connectivity index (χ0v) is 10.3. The summed E-state index contributed by atoms with van der Waals surface area (Å²) in [5, 5.41) is 17.8. The zero-order valence-electron chi connectivity index (χ0n) is 10.3. The number of hydrogen-bond donors (Lipinski definition) is 2. The maximum atomic E-state index is 11.3. The second-order valence-electron chi connectivity index (χ2n) is 3.50. The van der Waals surface area contributed by atoms with Crippen LogP contribution < -0.4 is 9.47 Å². The van der Waals surface area contributed by atoms with Gasteiger partial charge in [0, 0.05) is 0 Å². The number of aliphatic hydroxyl groups excluding tert-OH is 2. The molecule has 6 nitrogen and oxygen atoms in total. The Hall–Kier alpha value is -1.79. The Balaban J connectivity index is 2.83. The fraction of sp³-hybridized carbons (Fsp3) is 0.417. The third kappa shape index (κ3) is 3.61. The molecule has 1 rings (SSSR count). The Morgan fingerprint density at radius 2 is 2.06 bits per heavy atom. The monoisotopic (exact) mass is 256 g/mol. The van der Waals surface area contributed by atoms with Gasteiger partial charge in [-0.2, -0.15) is 0 Å². The molecule has 0 radical (unpaired) electrons. The van der Waals surface area contributed by atoms with E-state index < -0.39 is 12.1 Å². The number of esters is 1. The van der Waals surface area contributed by atoms with Crippen molar-refractivity contribution in [2.75, 3.05) is 27.4 Å². The average Bonchev–Trinajstić information content (AvgIpc) is 2.43. The molecule has 0 fully saturated rings. The molecular weight excluding hydrogens is 240 g/mol. The third-order valence-corrected chi connectivity index (χ3v) is 2.23. The van der Waals surface area contributed by atoms with E-state index in [0.29, 0.717) is 17.1 Å². The van der Waals surface area contributed by atoms with Crippen LogP contribution in [0.3, 0.4) is 0 Å². The summed E-state index contributed by atoms with van der Waals surface area (Å²) in [6, 6.07) is 4.54. The van der Waals surface area contributed by atoms with Gasteiger partial charge in [0.05, 0.1) is 26.4 Å². The van der Waals surface area contributed by atoms with E-state index in [1.165, 1.54) is 32.4 Å². The minimum Gasteiger partial charge on any atom is -0.493 e. The Kier molecular flexibility index (Phi) is 5.41. The van der Waals surface area contributed by atoms with Crippen molar-refractivity contribution in [3.05, 3.63) is 23.8 Å². The lowest BCUT2D eigenvalue weighted by Crippen LogP contribution is -2.21. The zero-order chi connectivity index (χ0) is 13.5. The van der Waals surface area contributed by atoms with Gasteiger partial charge in [-0.05, 0) is 18.2 Å². The first-order valence-corrected chi connectivity index (χ1v) is 5.30. The highest BCUT2D eigenvalue weighted by Gasteiger charge is 2.12. The summed E-state index contributed by atoms with van der Waals surface area (Å²) in [6.07, 6.45) is -0.963. The van der Waals surface area contributed by atoms with Crippen molar-refractivity contribution in [3.8, 4) is 11.5 Å². The van der Waals surface area contributed by atoms with Gasteiger partial charge >= 0.3 is 5.97 Å². The van der Waals surface area contributed by atoms with Gasteiger partial charge in [-0.3, -0.25) is 0 Å². The molecule has 1 atom stereocenters. The summed E-state index contributed by atoms with van der Waals surface area (Å²) in [7, 11) is 2.72. The summed E-state index contributed by atoms with van der Waals surface area (Å²) in [5.41, 5.74) is 0.337. The van der Waals surface area contributed by atoms with Crippen LogP contribution in [-0.2, 0) is 4.74 Å². The van der Waals surface area contributed by atoms with Gasteiger partial charge in [0.15, 0.2) is 11.5 Å². The Morgan fingerprint density at radius 1 is 1.33 bits per heavy atom. The molecule has 1 aromatic rings. The van der Waals surface area contributed by atoms with Crippen molar-refractivity contribution in [2.24, 2.45) is 0 Å². The van der Waals surface area contributed by atoms with Gasteiger partial charge in [-0.15, -0.1) is 0 Å². The average molecular weight is 256 g/mol. The van der Waals surface area contributed by atoms with E-state index in [-0.39, 0.29) is 13.2 Å². The van der Waals surface area contributed by atoms with Crippen LogP contribution in [0.5, 0.6) is 11.5 Å². The van der Waals surface area contributed by atoms with Crippen LogP contribution in [0.25, 0.3) is 0 Å². The van der Waals surface area contributed by atoms with Crippen molar-refractivity contribution in [2.45, 2.75) is 6.10 Å². The minimum atomic E-state index is -0.963. The third-order valence-electron chi connectivity index (χ3n) is 2.23. The molecule has 1 aromatic carbocycles. The molecule has 0 saturated heterocycles. The van der Waals surface area contributed by atoms with E-state index in [1.807, 2.05) is 0 Å². The highest BCUT2D eigenvalue weighted by atomic mass is 16.5. The molecule has 0 aliphatic heterocycles. The van der Waals surface area contributed by atoms with Crippen LogP contribution in [0.1, 0.15) is 10.4 Å². The van der Waals surface area contributed by atoms with Crippen molar-refractivity contribution in [1.29, 1.82) is 0 Å². The van der Waals surface area contributed by atoms with E-state index in [0.717, 1.165) is 0 Å². The molecule has 0 amide bonds. The summed E-state index contributed by atoms with van der Waals surface area (Å²) in [4.78, 5) is 11.3. The lowest BCUT2D eigenvalue weighted by molar-refractivity contribution is 0.0526. The molecule has 2 N–H and O–H groups in total. The van der Waals surface area contributed by atoms with Gasteiger partial charge in [-0.1, -0.05) is 0 Å². The Morgan fingerprint density at radius 3 is 2.61 bits per heavy atom. The van der Waals surface area contributed by atoms with Crippen LogP contribution in [-0.4, -0.2) is 49.7 Å². The fourth-order valence-electron chi connectivity index (χ4n) is 1.27. The second-order valence-corrected chi connectivity index (χ2v) is 3.50. The lowest BCUT2D eigenvalue weighted by Gasteiger charge is -2.13. The SMILES string of the molecule is COC(=O)c1ccc(OCC(O)CO)c(OC)c1. The topological polar surface area (TPSA) is 85.2 Å². The number of carbonyl (C=O) groups is 1. The van der Waals surface area contributed by atoms with E-state index in [2.05, 4.69) is 4.74 Å². The number of aliphatic hydroxyl groups is 2. The van der Waals surface area contributed by atoms with Crippen molar-refractivity contribution >= 4 is 5.97 Å². The van der Waals surface area contributed by atoms with Gasteiger partial charge in [0.2, 0.25) is 0 Å². The van der Waals surface area contributed by atoms with Gasteiger partial charge in [0.25, 0.3) is 0 Å². The van der Waals surface area contributed by atoms with Crippen LogP contribution >= 0.6 is 0 Å². The van der Waals surface area contributed by atoms with E-state index >= 15 is 0 Å². The molecule has 0 aliphatic carbocycles. The molecule has 100 valence electrons. The van der Waals surface area contributed by atoms with Crippen LogP contribution in [0.15, 0.2) is 18.2 Å². The summed E-state index contributed by atoms with van der Waals surface area (Å²) in [5.74, 6) is 0.246. The smallest absolute Gasteiger partial charge is 0.337 e. The van der Waals surface area contributed by atoms with Crippen LogP contribution in [0, 0.1) is 0 Å². The molecule has 0 aromatic heterocycles. The van der Waals surface area contributed by atoms with E-state index in [9.17, 15) is 9.90 Å². The van der Waals surface area contributed by atoms with E-state index in [4.69, 9.17) is 14.6 Å². The first kappa shape index (κ1) is 14.3. The van der Waals surface area contributed by atoms with Crippen LogP contribution in [0.2, 0.25) is 0 Å². The summed E-state index contributed by atoms with van der Waals surface area (Å²) >= 11 is 0. The van der Waals surface area contributed by atoms with Gasteiger partial charge in [0.1, 0.15) is 12.7 Å². The second kappa shape index (κ2) is 6.83. The molecule has 0 heterocycles. The maximum absolute atomic E-state index is 11.3. The normalized spacial score (nSPS) is 11.8. The number of rotatable bonds is 6. The Bertz CT molecular complexity index is 404. The number of methoxy groups -OCH3 is 2. The summed E-state index contributed by atoms with van der Waals surface area (Å²) in [6.45, 7) is -0.451. The molecular formula is C12H16O6. The largest absolute Gasteiger partial charge is 0.493 e. The number of ether oxygens (including phenoxy) is 3. The predicted octanol–water partition coefficient (Wildman–Crippen LogP) is 0.214.